The Balaban J connectivity index is 2.06. The van der Waals surface area contributed by atoms with Gasteiger partial charge in [-0.25, -0.2) is 9.18 Å². The van der Waals surface area contributed by atoms with Crippen LogP contribution in [0.2, 0.25) is 0 Å². The summed E-state index contributed by atoms with van der Waals surface area (Å²) < 4.78 is 12.9. The molecule has 0 radical (unpaired) electrons. The van der Waals surface area contributed by atoms with Crippen LogP contribution in [0, 0.1) is 11.7 Å². The summed E-state index contributed by atoms with van der Waals surface area (Å²) in [5.74, 6) is -0.832. The van der Waals surface area contributed by atoms with Gasteiger partial charge in [0.15, 0.2) is 0 Å². The molecule has 1 aromatic rings. The molecule has 5 nitrogen and oxygen atoms in total. The van der Waals surface area contributed by atoms with E-state index in [1.165, 1.54) is 34.1 Å². The molecule has 1 aliphatic heterocycles. The van der Waals surface area contributed by atoms with Crippen LogP contribution in [0.25, 0.3) is 0 Å². The summed E-state index contributed by atoms with van der Waals surface area (Å²) in [5.41, 5.74) is 0.601. The fraction of sp³-hybridized carbons (Fsp3) is 0.429. The molecule has 1 N–H and O–H groups in total. The zero-order chi connectivity index (χ0) is 14.7. The van der Waals surface area contributed by atoms with E-state index in [1.807, 2.05) is 0 Å². The maximum absolute atomic E-state index is 12.9. The number of hydrogen-bond donors (Lipinski definition) is 1. The topological polar surface area (TPSA) is 60.9 Å². The van der Waals surface area contributed by atoms with E-state index in [4.69, 9.17) is 5.11 Å². The lowest BCUT2D eigenvalue weighted by Gasteiger charge is -2.32. The van der Waals surface area contributed by atoms with E-state index in [-0.39, 0.29) is 24.2 Å². The van der Waals surface area contributed by atoms with Gasteiger partial charge in [0, 0.05) is 25.8 Å². The fourth-order valence-corrected chi connectivity index (χ4v) is 2.42. The number of piperidine rings is 1. The molecule has 1 saturated heterocycles. The second-order valence-electron chi connectivity index (χ2n) is 4.94. The van der Waals surface area contributed by atoms with E-state index >= 15 is 0 Å². The quantitative estimate of drug-likeness (QED) is 0.903. The summed E-state index contributed by atoms with van der Waals surface area (Å²) in [6.07, 6.45) is 0.362. The van der Waals surface area contributed by atoms with E-state index in [0.717, 1.165) is 0 Å². The van der Waals surface area contributed by atoms with E-state index in [1.54, 1.807) is 7.05 Å². The van der Waals surface area contributed by atoms with Crippen LogP contribution in [0.5, 0.6) is 0 Å². The Morgan fingerprint density at radius 1 is 1.35 bits per heavy atom. The van der Waals surface area contributed by atoms with Crippen LogP contribution < -0.4 is 4.90 Å². The van der Waals surface area contributed by atoms with E-state index in [2.05, 4.69) is 0 Å². The van der Waals surface area contributed by atoms with Crippen LogP contribution in [0.3, 0.4) is 0 Å². The molecule has 0 aliphatic carbocycles. The van der Waals surface area contributed by atoms with Crippen LogP contribution >= 0.6 is 0 Å². The molecule has 0 saturated carbocycles. The van der Waals surface area contributed by atoms with Crippen LogP contribution in [-0.2, 0) is 4.79 Å². The van der Waals surface area contributed by atoms with Crippen molar-refractivity contribution in [3.63, 3.8) is 0 Å². The number of amides is 2. The van der Waals surface area contributed by atoms with Crippen LogP contribution in [-0.4, -0.2) is 42.1 Å². The Hall–Kier alpha value is -2.11. The lowest BCUT2D eigenvalue weighted by atomic mass is 9.96. The molecule has 1 aliphatic rings. The van der Waals surface area contributed by atoms with Gasteiger partial charge < -0.3 is 14.9 Å². The molecule has 1 fully saturated rings. The Morgan fingerprint density at radius 3 is 2.60 bits per heavy atom. The predicted octanol–water partition coefficient (Wildman–Crippen LogP) is 2.18. The van der Waals surface area contributed by atoms with Crippen molar-refractivity contribution in [1.82, 2.24) is 4.90 Å². The van der Waals surface area contributed by atoms with E-state index in [9.17, 15) is 14.0 Å². The lowest BCUT2D eigenvalue weighted by Crippen LogP contribution is -2.45. The molecule has 0 spiro atoms. The first-order valence-electron chi connectivity index (χ1n) is 6.50. The number of carbonyl (C=O) groups is 2. The van der Waals surface area contributed by atoms with E-state index in [0.29, 0.717) is 25.1 Å². The number of nitrogens with zero attached hydrogens (tertiary/aromatic N) is 2. The number of halogens is 1. The van der Waals surface area contributed by atoms with Gasteiger partial charge in [0.25, 0.3) is 0 Å². The highest BCUT2D eigenvalue weighted by Crippen LogP contribution is 2.22. The molecule has 0 aromatic heterocycles. The minimum atomic E-state index is -0.994. The summed E-state index contributed by atoms with van der Waals surface area (Å²) in [4.78, 5) is 26.0. The third kappa shape index (κ3) is 3.07. The number of benzene rings is 1. The molecule has 108 valence electrons. The zero-order valence-electron chi connectivity index (χ0n) is 11.3. The predicted molar refractivity (Wildman–Crippen MR) is 72.1 cm³/mol. The highest BCUT2D eigenvalue weighted by molar-refractivity contribution is 5.94. The highest BCUT2D eigenvalue weighted by atomic mass is 19.1. The summed E-state index contributed by atoms with van der Waals surface area (Å²) in [6.45, 7) is 0.694. The van der Waals surface area contributed by atoms with Crippen molar-refractivity contribution >= 4 is 17.7 Å². The van der Waals surface area contributed by atoms with Crippen LogP contribution in [0.4, 0.5) is 14.9 Å². The third-order valence-electron chi connectivity index (χ3n) is 3.59. The molecule has 1 atom stereocenters. The first-order valence-corrected chi connectivity index (χ1v) is 6.50. The van der Waals surface area contributed by atoms with Gasteiger partial charge in [-0.3, -0.25) is 4.79 Å². The van der Waals surface area contributed by atoms with Crippen LogP contribution in [0.15, 0.2) is 24.3 Å². The normalized spacial score (nSPS) is 18.7. The smallest absolute Gasteiger partial charge is 0.407 e. The second kappa shape index (κ2) is 5.90. The number of carbonyl (C=O) groups excluding carboxylic acids is 1. The number of hydrogen-bond acceptors (Lipinski definition) is 2. The van der Waals surface area contributed by atoms with E-state index < -0.39 is 6.09 Å². The molecule has 1 aromatic carbocycles. The SMILES string of the molecule is CN(C(=O)[C@H]1CCCN(C(=O)O)C1)c1ccc(F)cc1. The summed E-state index contributed by atoms with van der Waals surface area (Å²) >= 11 is 0. The van der Waals surface area contributed by atoms with Gasteiger partial charge in [0.1, 0.15) is 5.82 Å². The minimum Gasteiger partial charge on any atom is -0.465 e. The van der Waals surface area contributed by atoms with Gasteiger partial charge in [0.2, 0.25) is 5.91 Å². The second-order valence-corrected chi connectivity index (χ2v) is 4.94. The maximum Gasteiger partial charge on any atom is 0.407 e. The van der Waals surface area contributed by atoms with Crippen molar-refractivity contribution in [2.24, 2.45) is 5.92 Å². The van der Waals surface area contributed by atoms with Crippen molar-refractivity contribution in [3.8, 4) is 0 Å². The largest absolute Gasteiger partial charge is 0.465 e. The minimum absolute atomic E-state index is 0.137. The van der Waals surface area contributed by atoms with Crippen molar-refractivity contribution < 1.29 is 19.1 Å². The Morgan fingerprint density at radius 2 is 2.00 bits per heavy atom. The van der Waals surface area contributed by atoms with Gasteiger partial charge in [-0.1, -0.05) is 0 Å². The van der Waals surface area contributed by atoms with Crippen molar-refractivity contribution in [3.05, 3.63) is 30.1 Å². The highest BCUT2D eigenvalue weighted by Gasteiger charge is 2.30. The summed E-state index contributed by atoms with van der Waals surface area (Å²) in [6, 6.07) is 5.66. The van der Waals surface area contributed by atoms with Crippen molar-refractivity contribution in [2.75, 3.05) is 25.0 Å². The molecule has 20 heavy (non-hydrogen) atoms. The Kier molecular flexibility index (Phi) is 4.22. The number of rotatable bonds is 2. The first-order chi connectivity index (χ1) is 9.49. The molecule has 2 amide bonds. The number of carboxylic acid groups (broad SMARTS) is 1. The average Bonchev–Trinajstić information content (AvgIpc) is 2.46. The standard InChI is InChI=1S/C14H17FN2O3/c1-16(12-6-4-11(15)5-7-12)13(18)10-3-2-8-17(9-10)14(19)20/h4-7,10H,2-3,8-9H2,1H3,(H,19,20)/t10-/m0/s1. The molecule has 1 heterocycles. The molecule has 2 rings (SSSR count). The summed E-state index contributed by atoms with van der Waals surface area (Å²) in [5, 5.41) is 8.98. The van der Waals surface area contributed by atoms with Gasteiger partial charge >= 0.3 is 6.09 Å². The lowest BCUT2D eigenvalue weighted by molar-refractivity contribution is -0.123. The fourth-order valence-electron chi connectivity index (χ4n) is 2.42. The maximum atomic E-state index is 12.9. The number of anilines is 1. The molecular formula is C14H17FN2O3. The average molecular weight is 280 g/mol. The van der Waals surface area contributed by atoms with Gasteiger partial charge in [-0.05, 0) is 37.1 Å². The molecule has 0 unspecified atom stereocenters. The summed E-state index contributed by atoms with van der Waals surface area (Å²) in [7, 11) is 1.62. The zero-order valence-corrected chi connectivity index (χ0v) is 11.3. The first kappa shape index (κ1) is 14.3. The molecule has 6 heteroatoms. The molecular weight excluding hydrogens is 263 g/mol. The van der Waals surface area contributed by atoms with Crippen LogP contribution in [0.1, 0.15) is 12.8 Å². The number of likely N-dealkylation sites (tertiary alicyclic amines) is 1. The monoisotopic (exact) mass is 280 g/mol. The van der Waals surface area contributed by atoms with Crippen molar-refractivity contribution in [1.29, 1.82) is 0 Å². The van der Waals surface area contributed by atoms with Crippen molar-refractivity contribution in [2.45, 2.75) is 12.8 Å². The molecule has 0 bridgehead atoms. The third-order valence-corrected chi connectivity index (χ3v) is 3.59. The Bertz CT molecular complexity index is 504. The Labute approximate surface area is 116 Å². The van der Waals surface area contributed by atoms with Gasteiger partial charge in [0.05, 0.1) is 5.92 Å². The van der Waals surface area contributed by atoms with Gasteiger partial charge in [-0.2, -0.15) is 0 Å². The van der Waals surface area contributed by atoms with Gasteiger partial charge in [-0.15, -0.1) is 0 Å².